The van der Waals surface area contributed by atoms with E-state index in [9.17, 15) is 24.2 Å². The Kier molecular flexibility index (Phi) is 5.22. The number of fused-ring (bicyclic) bond motifs is 1. The van der Waals surface area contributed by atoms with E-state index in [2.05, 4.69) is 15.4 Å². The van der Waals surface area contributed by atoms with Crippen molar-refractivity contribution in [3.8, 4) is 0 Å². The maximum atomic E-state index is 13.3. The van der Waals surface area contributed by atoms with Gasteiger partial charge in [-0.05, 0) is 29.5 Å². The lowest BCUT2D eigenvalue weighted by Crippen LogP contribution is -2.41. The lowest BCUT2D eigenvalue weighted by molar-refractivity contribution is 0.122. The molecule has 2 atom stereocenters. The molecule has 4 rings (SSSR count). The van der Waals surface area contributed by atoms with Crippen molar-refractivity contribution in [2.24, 2.45) is 12.8 Å². The molecule has 13 heteroatoms. The van der Waals surface area contributed by atoms with Crippen LogP contribution in [0, 0.1) is 5.82 Å². The Labute approximate surface area is 172 Å². The van der Waals surface area contributed by atoms with Crippen molar-refractivity contribution in [1.82, 2.24) is 29.3 Å². The Morgan fingerprint density at radius 1 is 1.26 bits per heavy atom. The fourth-order valence-electron chi connectivity index (χ4n) is 3.08. The first-order valence-electron chi connectivity index (χ1n) is 9.10. The molecule has 31 heavy (non-hydrogen) atoms. The first kappa shape index (κ1) is 20.6. The molecule has 0 radical (unpaired) electrons. The third-order valence-corrected chi connectivity index (χ3v) is 4.67. The second-order valence-electron chi connectivity index (χ2n) is 6.91. The normalized spacial score (nSPS) is 13.6. The van der Waals surface area contributed by atoms with Gasteiger partial charge in [-0.1, -0.05) is 0 Å². The molecule has 1 aromatic carbocycles. The number of halogens is 1. The van der Waals surface area contributed by atoms with Crippen LogP contribution < -0.4 is 17.0 Å². The number of aliphatic hydroxyl groups excluding tert-OH is 2. The maximum absolute atomic E-state index is 13.3. The summed E-state index contributed by atoms with van der Waals surface area (Å²) in [7, 11) is 1.26. The van der Waals surface area contributed by atoms with Crippen LogP contribution >= 0.6 is 0 Å². The smallest absolute Gasteiger partial charge is 0.331 e. The van der Waals surface area contributed by atoms with E-state index in [-0.39, 0.29) is 30.2 Å². The van der Waals surface area contributed by atoms with E-state index in [0.717, 1.165) is 20.1 Å². The number of aliphatic hydroxyl groups is 2. The number of nitrogens with zero attached hydrogens (tertiary/aromatic N) is 6. The molecule has 162 valence electrons. The molecule has 0 fully saturated rings. The lowest BCUT2D eigenvalue weighted by Gasteiger charge is -2.10. The second kappa shape index (κ2) is 7.86. The molecule has 4 aromatic rings. The van der Waals surface area contributed by atoms with Crippen LogP contribution in [0.4, 0.5) is 4.39 Å². The molecule has 4 N–H and O–H groups in total. The Morgan fingerprint density at radius 2 is 2.03 bits per heavy atom. The summed E-state index contributed by atoms with van der Waals surface area (Å²) in [5, 5.41) is 32.2. The zero-order valence-corrected chi connectivity index (χ0v) is 16.2. The van der Waals surface area contributed by atoms with Crippen LogP contribution in [0.1, 0.15) is 29.5 Å². The Hall–Kier alpha value is -3.68. The van der Waals surface area contributed by atoms with Crippen molar-refractivity contribution in [2.45, 2.75) is 25.4 Å². The number of rotatable bonds is 6. The predicted molar refractivity (Wildman–Crippen MR) is 103 cm³/mol. The molecule has 0 saturated heterocycles. The van der Waals surface area contributed by atoms with Crippen LogP contribution in [-0.2, 0) is 20.1 Å². The van der Waals surface area contributed by atoms with Gasteiger partial charge in [0.25, 0.3) is 5.56 Å². The van der Waals surface area contributed by atoms with E-state index >= 15 is 0 Å². The van der Waals surface area contributed by atoms with Gasteiger partial charge in [-0.2, -0.15) is 4.80 Å². The largest absolute Gasteiger partial charge is 0.458 e. The molecule has 0 amide bonds. The average Bonchev–Trinajstić information content (AvgIpc) is 3.34. The SMILES string of the molecule is Cn1c(=O)c(C(N)O)cn(Cc2nnn(C[C@H](O)c3cc4cc(F)ccc4o3)n2)c1=O. The highest BCUT2D eigenvalue weighted by Gasteiger charge is 2.18. The summed E-state index contributed by atoms with van der Waals surface area (Å²) < 4.78 is 20.8. The van der Waals surface area contributed by atoms with Gasteiger partial charge in [0, 0.05) is 18.6 Å². The number of furan rings is 1. The van der Waals surface area contributed by atoms with Crippen LogP contribution in [-0.4, -0.2) is 39.6 Å². The third kappa shape index (κ3) is 4.01. The van der Waals surface area contributed by atoms with Crippen LogP contribution in [0.5, 0.6) is 0 Å². The zero-order chi connectivity index (χ0) is 22.3. The van der Waals surface area contributed by atoms with Crippen molar-refractivity contribution in [1.29, 1.82) is 0 Å². The number of benzene rings is 1. The molecule has 0 aliphatic rings. The zero-order valence-electron chi connectivity index (χ0n) is 16.2. The summed E-state index contributed by atoms with van der Waals surface area (Å²) in [5.41, 5.74) is 4.27. The van der Waals surface area contributed by atoms with Crippen molar-refractivity contribution < 1.29 is 19.0 Å². The number of aromatic nitrogens is 6. The van der Waals surface area contributed by atoms with E-state index in [4.69, 9.17) is 10.2 Å². The van der Waals surface area contributed by atoms with Crippen molar-refractivity contribution >= 4 is 11.0 Å². The summed E-state index contributed by atoms with van der Waals surface area (Å²) in [6.45, 7) is -0.253. The van der Waals surface area contributed by atoms with Crippen LogP contribution in [0.2, 0.25) is 0 Å². The van der Waals surface area contributed by atoms with Gasteiger partial charge in [0.05, 0.1) is 18.7 Å². The van der Waals surface area contributed by atoms with Gasteiger partial charge in [0.2, 0.25) is 0 Å². The molecule has 0 aliphatic carbocycles. The van der Waals surface area contributed by atoms with E-state index in [1.807, 2.05) is 0 Å². The van der Waals surface area contributed by atoms with Gasteiger partial charge in [-0.15, -0.1) is 10.2 Å². The van der Waals surface area contributed by atoms with Gasteiger partial charge >= 0.3 is 5.69 Å². The van der Waals surface area contributed by atoms with Gasteiger partial charge in [-0.3, -0.25) is 13.9 Å². The van der Waals surface area contributed by atoms with Crippen molar-refractivity contribution in [2.75, 3.05) is 0 Å². The summed E-state index contributed by atoms with van der Waals surface area (Å²) in [5.74, 6) is -0.0942. The Bertz CT molecular complexity index is 1370. The average molecular weight is 431 g/mol. The molecule has 0 aliphatic heterocycles. The number of nitrogens with two attached hydrogens (primary N) is 1. The molecule has 1 unspecified atom stereocenters. The van der Waals surface area contributed by atoms with Crippen LogP contribution in [0.3, 0.4) is 0 Å². The fraction of sp³-hybridized carbons (Fsp3) is 0.278. The quantitative estimate of drug-likeness (QED) is 0.329. The fourth-order valence-corrected chi connectivity index (χ4v) is 3.08. The summed E-state index contributed by atoms with van der Waals surface area (Å²) in [6, 6.07) is 5.52. The highest BCUT2D eigenvalue weighted by Crippen LogP contribution is 2.25. The summed E-state index contributed by atoms with van der Waals surface area (Å²) in [6.07, 6.45) is -1.54. The molecule has 12 nitrogen and oxygen atoms in total. The summed E-state index contributed by atoms with van der Waals surface area (Å²) >= 11 is 0. The first-order valence-corrected chi connectivity index (χ1v) is 9.10. The molecule has 0 bridgehead atoms. The maximum Gasteiger partial charge on any atom is 0.331 e. The molecule has 3 heterocycles. The number of hydrogen-bond donors (Lipinski definition) is 3. The molecule has 0 saturated carbocycles. The standard InChI is InChI=1S/C18H18FN7O5/c1-24-17(29)11(16(20)28)6-25(18(24)30)8-15-21-23-26(22-15)7-12(27)14-5-9-4-10(19)2-3-13(9)31-14/h2-6,12,16,27-28H,7-8,20H2,1H3/t12-,16?/m0/s1. The van der Waals surface area contributed by atoms with Crippen molar-refractivity contribution in [3.05, 3.63) is 74.3 Å². The molecule has 3 aromatic heterocycles. The van der Waals surface area contributed by atoms with Crippen molar-refractivity contribution in [3.63, 3.8) is 0 Å². The lowest BCUT2D eigenvalue weighted by atomic mass is 10.2. The van der Waals surface area contributed by atoms with Gasteiger partial charge in [0.1, 0.15) is 29.5 Å². The van der Waals surface area contributed by atoms with E-state index in [0.29, 0.717) is 11.0 Å². The van der Waals surface area contributed by atoms with Gasteiger partial charge < -0.3 is 20.4 Å². The molecular weight excluding hydrogens is 413 g/mol. The summed E-state index contributed by atoms with van der Waals surface area (Å²) in [4.78, 5) is 25.4. The molecule has 0 spiro atoms. The Morgan fingerprint density at radius 3 is 2.77 bits per heavy atom. The number of hydrogen-bond acceptors (Lipinski definition) is 9. The highest BCUT2D eigenvalue weighted by atomic mass is 19.1. The third-order valence-electron chi connectivity index (χ3n) is 4.67. The topological polar surface area (TPSA) is 167 Å². The van der Waals surface area contributed by atoms with Gasteiger partial charge in [0.15, 0.2) is 5.82 Å². The minimum absolute atomic E-state index is 0.107. The predicted octanol–water partition coefficient (Wildman–Crippen LogP) is -0.850. The first-order chi connectivity index (χ1) is 14.7. The monoisotopic (exact) mass is 431 g/mol. The highest BCUT2D eigenvalue weighted by molar-refractivity contribution is 5.77. The van der Waals surface area contributed by atoms with Crippen LogP contribution in [0.15, 0.2) is 44.5 Å². The minimum Gasteiger partial charge on any atom is -0.458 e. The van der Waals surface area contributed by atoms with E-state index < -0.39 is 29.4 Å². The van der Waals surface area contributed by atoms with E-state index in [1.54, 1.807) is 0 Å². The number of tetrazole rings is 1. The van der Waals surface area contributed by atoms with Crippen LogP contribution in [0.25, 0.3) is 11.0 Å². The van der Waals surface area contributed by atoms with E-state index in [1.165, 1.54) is 31.3 Å². The van der Waals surface area contributed by atoms with Gasteiger partial charge in [-0.25, -0.2) is 9.18 Å². The minimum atomic E-state index is -1.55. The Balaban J connectivity index is 1.53. The molecular formula is C18H18FN7O5. The second-order valence-corrected chi connectivity index (χ2v) is 6.91.